The third-order valence-electron chi connectivity index (χ3n) is 4.45. The number of esters is 2. The van der Waals surface area contributed by atoms with Crippen molar-refractivity contribution < 1.29 is 28.7 Å². The lowest BCUT2D eigenvalue weighted by Gasteiger charge is -2.33. The van der Waals surface area contributed by atoms with Crippen LogP contribution >= 0.6 is 0 Å². The minimum Gasteiger partial charge on any atom is -0.465 e. The third kappa shape index (κ3) is 5.49. The summed E-state index contributed by atoms with van der Waals surface area (Å²) in [6.45, 7) is 5.27. The van der Waals surface area contributed by atoms with Crippen LogP contribution in [0.4, 0.5) is 15.3 Å². The molecular formula is C20H26N4O6. The molecule has 1 unspecified atom stereocenters. The Hall–Kier alpha value is -3.56. The number of anilines is 1. The Morgan fingerprint density at radius 1 is 1.10 bits per heavy atom. The molecular weight excluding hydrogens is 392 g/mol. The first-order valence-corrected chi connectivity index (χ1v) is 9.51. The highest BCUT2D eigenvalue weighted by molar-refractivity contribution is 5.95. The molecule has 1 aromatic rings. The molecule has 0 saturated heterocycles. The maximum Gasteiger partial charge on any atom is 0.338 e. The molecule has 0 aliphatic carbocycles. The van der Waals surface area contributed by atoms with Crippen LogP contribution in [0.25, 0.3) is 0 Å². The lowest BCUT2D eigenvalue weighted by atomic mass is 9.95. The van der Waals surface area contributed by atoms with Gasteiger partial charge in [-0.3, -0.25) is 4.79 Å². The Bertz CT molecular complexity index is 849. The number of hydrogen-bond acceptors (Lipinski definition) is 6. The molecule has 0 aromatic heterocycles. The summed E-state index contributed by atoms with van der Waals surface area (Å²) in [5.74, 6) is -1.04. The average Bonchev–Trinajstić information content (AvgIpc) is 2.71. The molecule has 30 heavy (non-hydrogen) atoms. The van der Waals surface area contributed by atoms with Crippen molar-refractivity contribution in [1.29, 1.82) is 0 Å². The number of ether oxygens (including phenoxy) is 2. The first-order chi connectivity index (χ1) is 14.3. The molecule has 0 bridgehead atoms. The van der Waals surface area contributed by atoms with Gasteiger partial charge in [0.05, 0.1) is 24.8 Å². The largest absolute Gasteiger partial charge is 0.465 e. The van der Waals surface area contributed by atoms with Gasteiger partial charge in [-0.2, -0.15) is 0 Å². The van der Waals surface area contributed by atoms with Crippen molar-refractivity contribution in [3.8, 4) is 0 Å². The van der Waals surface area contributed by atoms with Crippen LogP contribution in [0.15, 0.2) is 35.5 Å². The number of nitrogens with zero attached hydrogens (tertiary/aromatic N) is 1. The highest BCUT2D eigenvalue weighted by Crippen LogP contribution is 2.31. The van der Waals surface area contributed by atoms with Crippen molar-refractivity contribution in [2.24, 2.45) is 0 Å². The quantitative estimate of drug-likeness (QED) is 0.581. The fourth-order valence-corrected chi connectivity index (χ4v) is 2.86. The zero-order chi connectivity index (χ0) is 22.3. The second-order valence-electron chi connectivity index (χ2n) is 6.40. The van der Waals surface area contributed by atoms with Gasteiger partial charge in [0.25, 0.3) is 0 Å². The lowest BCUT2D eigenvalue weighted by Crippen LogP contribution is -2.46. The van der Waals surface area contributed by atoms with Crippen LogP contribution in [0, 0.1) is 0 Å². The number of hydrogen-bond donors (Lipinski definition) is 3. The zero-order valence-corrected chi connectivity index (χ0v) is 17.4. The fourth-order valence-electron chi connectivity index (χ4n) is 2.86. The molecule has 0 saturated carbocycles. The topological polar surface area (TPSA) is 126 Å². The van der Waals surface area contributed by atoms with Gasteiger partial charge in [-0.15, -0.1) is 0 Å². The molecule has 2 rings (SSSR count). The summed E-state index contributed by atoms with van der Waals surface area (Å²) in [5, 5.41) is 7.77. The standard InChI is InChI=1S/C20H26N4O6/c1-5-29-15(25)11-21-19(27)22-14-9-7-13(8-10-14)17-16(18(26)30-6-2)12(3)24(4)20(28)23-17/h7-10,17H,5-6,11H2,1-4H3,(H,23,28)(H2,21,22,27). The smallest absolute Gasteiger partial charge is 0.338 e. The number of benzene rings is 1. The predicted octanol–water partition coefficient (Wildman–Crippen LogP) is 1.90. The molecule has 0 radical (unpaired) electrons. The average molecular weight is 418 g/mol. The molecule has 1 atom stereocenters. The van der Waals surface area contributed by atoms with Crippen LogP contribution in [0.1, 0.15) is 32.4 Å². The molecule has 10 heteroatoms. The van der Waals surface area contributed by atoms with Crippen molar-refractivity contribution >= 4 is 29.7 Å². The SMILES string of the molecule is CCOC(=O)CNC(=O)Nc1ccc(C2NC(=O)N(C)C(C)=C2C(=O)OCC)cc1. The van der Waals surface area contributed by atoms with Crippen LogP contribution in [0.5, 0.6) is 0 Å². The van der Waals surface area contributed by atoms with Gasteiger partial charge >= 0.3 is 24.0 Å². The van der Waals surface area contributed by atoms with E-state index in [9.17, 15) is 19.2 Å². The molecule has 0 spiro atoms. The summed E-state index contributed by atoms with van der Waals surface area (Å²) in [4.78, 5) is 49.2. The van der Waals surface area contributed by atoms with Crippen molar-refractivity contribution in [3.05, 3.63) is 41.1 Å². The monoisotopic (exact) mass is 418 g/mol. The van der Waals surface area contributed by atoms with E-state index in [4.69, 9.17) is 9.47 Å². The number of rotatable bonds is 7. The van der Waals surface area contributed by atoms with Crippen molar-refractivity contribution in [2.45, 2.75) is 26.8 Å². The minimum absolute atomic E-state index is 0.212. The predicted molar refractivity (Wildman–Crippen MR) is 108 cm³/mol. The molecule has 1 aliphatic heterocycles. The number of carbonyl (C=O) groups excluding carboxylic acids is 4. The van der Waals surface area contributed by atoms with E-state index in [-0.39, 0.29) is 25.8 Å². The van der Waals surface area contributed by atoms with Gasteiger partial charge in [0.1, 0.15) is 6.54 Å². The van der Waals surface area contributed by atoms with E-state index in [1.165, 1.54) is 4.90 Å². The Labute approximate surface area is 174 Å². The van der Waals surface area contributed by atoms with Gasteiger partial charge < -0.3 is 30.3 Å². The van der Waals surface area contributed by atoms with Crippen molar-refractivity contribution in [3.63, 3.8) is 0 Å². The molecule has 4 amide bonds. The molecule has 1 heterocycles. The molecule has 0 fully saturated rings. The van der Waals surface area contributed by atoms with Gasteiger partial charge in [-0.05, 0) is 38.5 Å². The highest BCUT2D eigenvalue weighted by atomic mass is 16.5. The van der Waals surface area contributed by atoms with E-state index in [1.54, 1.807) is 52.1 Å². The van der Waals surface area contributed by atoms with Crippen LogP contribution in [-0.2, 0) is 19.1 Å². The van der Waals surface area contributed by atoms with Gasteiger partial charge in [0, 0.05) is 18.4 Å². The number of carbonyl (C=O) groups is 4. The summed E-state index contributed by atoms with van der Waals surface area (Å²) >= 11 is 0. The van der Waals surface area contributed by atoms with Crippen molar-refractivity contribution in [1.82, 2.24) is 15.5 Å². The minimum atomic E-state index is -0.681. The van der Waals surface area contributed by atoms with E-state index < -0.39 is 24.0 Å². The summed E-state index contributed by atoms with van der Waals surface area (Å²) < 4.78 is 9.88. The first-order valence-electron chi connectivity index (χ1n) is 9.51. The van der Waals surface area contributed by atoms with Gasteiger partial charge in [0.2, 0.25) is 0 Å². The fraction of sp³-hybridized carbons (Fsp3) is 0.400. The van der Waals surface area contributed by atoms with Crippen LogP contribution in [0.3, 0.4) is 0 Å². The zero-order valence-electron chi connectivity index (χ0n) is 17.4. The molecule has 10 nitrogen and oxygen atoms in total. The Kier molecular flexibility index (Phi) is 7.79. The number of nitrogens with one attached hydrogen (secondary N) is 3. The summed E-state index contributed by atoms with van der Waals surface area (Å²) in [5.41, 5.74) is 1.96. The number of urea groups is 2. The summed E-state index contributed by atoms with van der Waals surface area (Å²) in [6, 6.07) is 5.04. The lowest BCUT2D eigenvalue weighted by molar-refractivity contribution is -0.142. The maximum absolute atomic E-state index is 12.5. The Morgan fingerprint density at radius 2 is 1.73 bits per heavy atom. The first kappa shape index (κ1) is 22.7. The van der Waals surface area contributed by atoms with E-state index in [0.29, 0.717) is 22.5 Å². The number of allylic oxidation sites excluding steroid dienone is 1. The second-order valence-corrected chi connectivity index (χ2v) is 6.40. The van der Waals surface area contributed by atoms with E-state index in [2.05, 4.69) is 16.0 Å². The van der Waals surface area contributed by atoms with Crippen LogP contribution < -0.4 is 16.0 Å². The van der Waals surface area contributed by atoms with Gasteiger partial charge in [-0.25, -0.2) is 14.4 Å². The number of amides is 4. The summed E-state index contributed by atoms with van der Waals surface area (Å²) in [6.07, 6.45) is 0. The van der Waals surface area contributed by atoms with Gasteiger partial charge in [-0.1, -0.05) is 12.1 Å². The molecule has 1 aliphatic rings. The van der Waals surface area contributed by atoms with Crippen LogP contribution in [-0.4, -0.2) is 55.7 Å². The van der Waals surface area contributed by atoms with E-state index in [1.807, 2.05) is 0 Å². The highest BCUT2D eigenvalue weighted by Gasteiger charge is 2.34. The van der Waals surface area contributed by atoms with Crippen LogP contribution in [0.2, 0.25) is 0 Å². The Balaban J connectivity index is 2.13. The normalized spacial score (nSPS) is 15.9. The van der Waals surface area contributed by atoms with E-state index >= 15 is 0 Å². The van der Waals surface area contributed by atoms with E-state index in [0.717, 1.165) is 0 Å². The third-order valence-corrected chi connectivity index (χ3v) is 4.45. The second kappa shape index (κ2) is 10.3. The Morgan fingerprint density at radius 3 is 2.33 bits per heavy atom. The summed E-state index contributed by atoms with van der Waals surface area (Å²) in [7, 11) is 1.57. The van der Waals surface area contributed by atoms with Crippen molar-refractivity contribution in [2.75, 3.05) is 32.1 Å². The molecule has 162 valence electrons. The molecule has 1 aromatic carbocycles. The maximum atomic E-state index is 12.5. The van der Waals surface area contributed by atoms with Gasteiger partial charge in [0.15, 0.2) is 0 Å². The molecule has 3 N–H and O–H groups in total.